The van der Waals surface area contributed by atoms with Crippen LogP contribution < -0.4 is 9.47 Å². The quantitative estimate of drug-likeness (QED) is 0.164. The van der Waals surface area contributed by atoms with Crippen molar-refractivity contribution in [3.63, 3.8) is 0 Å². The maximum Gasteiger partial charge on any atom is 0.246 e. The smallest absolute Gasteiger partial charge is 0.246 e. The fourth-order valence-corrected chi connectivity index (χ4v) is 5.41. The lowest BCUT2D eigenvalue weighted by molar-refractivity contribution is -0.127. The maximum atomic E-state index is 13.1. The summed E-state index contributed by atoms with van der Waals surface area (Å²) in [4.78, 5) is 21.8. The van der Waals surface area contributed by atoms with Crippen molar-refractivity contribution in [2.24, 2.45) is 0 Å². The number of carbonyl (C=O) groups excluding carboxylic acids is 1. The molecule has 5 rings (SSSR count). The maximum absolute atomic E-state index is 13.1. The SMILES string of the molecule is Br.C/C(=C\C(=O)N1CCN(Cc2ccc(C)cc2)CC1)c1cc(C)c(Oc2ccc(OCc3ccccc3Cl)cn2)c(Cl)c1. The van der Waals surface area contributed by atoms with E-state index in [9.17, 15) is 4.79 Å². The molecule has 1 aromatic heterocycles. The van der Waals surface area contributed by atoms with Crippen LogP contribution >= 0.6 is 40.2 Å². The summed E-state index contributed by atoms with van der Waals surface area (Å²) in [5.41, 5.74) is 6.02. The molecule has 0 radical (unpaired) electrons. The van der Waals surface area contributed by atoms with Gasteiger partial charge in [0.15, 0.2) is 5.75 Å². The van der Waals surface area contributed by atoms with E-state index < -0.39 is 0 Å². The molecule has 3 aromatic carbocycles. The number of aryl methyl sites for hydroxylation is 2. The van der Waals surface area contributed by atoms with Crippen LogP contribution in [-0.2, 0) is 17.9 Å². The summed E-state index contributed by atoms with van der Waals surface area (Å²) < 4.78 is 11.8. The molecule has 230 valence electrons. The number of amides is 1. The molecule has 0 unspecified atom stereocenters. The Kier molecular flexibility index (Phi) is 11.9. The van der Waals surface area contributed by atoms with Crippen LogP contribution in [0.2, 0.25) is 10.0 Å². The van der Waals surface area contributed by atoms with Gasteiger partial charge in [0.25, 0.3) is 0 Å². The Bertz CT molecular complexity index is 1580. The van der Waals surface area contributed by atoms with E-state index in [1.54, 1.807) is 24.4 Å². The van der Waals surface area contributed by atoms with Gasteiger partial charge in [-0.15, -0.1) is 17.0 Å². The molecule has 1 fully saturated rings. The molecular weight excluding hydrogens is 661 g/mol. The second-order valence-electron chi connectivity index (χ2n) is 10.8. The second-order valence-corrected chi connectivity index (χ2v) is 11.6. The zero-order valence-corrected chi connectivity index (χ0v) is 28.3. The lowest BCUT2D eigenvalue weighted by Crippen LogP contribution is -2.47. The van der Waals surface area contributed by atoms with Gasteiger partial charge in [-0.1, -0.05) is 71.2 Å². The van der Waals surface area contributed by atoms with Crippen LogP contribution in [0.25, 0.3) is 5.57 Å². The molecule has 0 N–H and O–H groups in total. The van der Waals surface area contributed by atoms with Gasteiger partial charge in [0, 0.05) is 55.5 Å². The molecule has 0 atom stereocenters. The Morgan fingerprint density at radius 1 is 0.932 bits per heavy atom. The fraction of sp³-hybridized carbons (Fsp3) is 0.257. The Balaban J connectivity index is 0.00000442. The first kappa shape index (κ1) is 33.5. The minimum absolute atomic E-state index is 0. The number of benzene rings is 3. The van der Waals surface area contributed by atoms with Crippen molar-refractivity contribution in [3.05, 3.63) is 123 Å². The van der Waals surface area contributed by atoms with Crippen LogP contribution in [0.15, 0.2) is 85.1 Å². The Morgan fingerprint density at radius 2 is 1.66 bits per heavy atom. The summed E-state index contributed by atoms with van der Waals surface area (Å²) in [6, 6.07) is 23.5. The molecule has 0 spiro atoms. The van der Waals surface area contributed by atoms with Gasteiger partial charge in [0.05, 0.1) is 11.2 Å². The van der Waals surface area contributed by atoms with Crippen molar-refractivity contribution in [1.29, 1.82) is 0 Å². The summed E-state index contributed by atoms with van der Waals surface area (Å²) in [6.45, 7) is 10.3. The number of rotatable bonds is 9. The first-order chi connectivity index (χ1) is 20.7. The summed E-state index contributed by atoms with van der Waals surface area (Å²) in [5.74, 6) is 1.53. The summed E-state index contributed by atoms with van der Waals surface area (Å²) in [6.07, 6.45) is 3.30. The predicted octanol–water partition coefficient (Wildman–Crippen LogP) is 8.70. The number of piperazine rings is 1. The number of hydrogen-bond acceptors (Lipinski definition) is 5. The average molecular weight is 698 g/mol. The van der Waals surface area contributed by atoms with Crippen LogP contribution in [0.4, 0.5) is 0 Å². The van der Waals surface area contributed by atoms with E-state index in [0.29, 0.717) is 47.1 Å². The fourth-order valence-electron chi connectivity index (χ4n) is 4.92. The number of aromatic nitrogens is 1. The lowest BCUT2D eigenvalue weighted by atomic mass is 10.0. The highest BCUT2D eigenvalue weighted by Crippen LogP contribution is 2.35. The Labute approximate surface area is 280 Å². The molecule has 0 saturated carbocycles. The summed E-state index contributed by atoms with van der Waals surface area (Å²) in [7, 11) is 0. The van der Waals surface area contributed by atoms with Crippen molar-refractivity contribution >= 4 is 51.7 Å². The second kappa shape index (κ2) is 15.6. The number of carbonyl (C=O) groups is 1. The minimum atomic E-state index is 0. The average Bonchev–Trinajstić information content (AvgIpc) is 3.00. The molecule has 9 heteroatoms. The van der Waals surface area contributed by atoms with E-state index in [1.165, 1.54) is 11.1 Å². The molecule has 44 heavy (non-hydrogen) atoms. The Morgan fingerprint density at radius 3 is 2.32 bits per heavy atom. The zero-order chi connectivity index (χ0) is 30.3. The topological polar surface area (TPSA) is 54.9 Å². The molecular formula is C35H36BrCl2N3O3. The Hall–Kier alpha value is -3.36. The highest BCUT2D eigenvalue weighted by atomic mass is 79.9. The van der Waals surface area contributed by atoms with Gasteiger partial charge < -0.3 is 14.4 Å². The summed E-state index contributed by atoms with van der Waals surface area (Å²) in [5, 5.41) is 1.10. The highest BCUT2D eigenvalue weighted by Gasteiger charge is 2.20. The molecule has 2 heterocycles. The van der Waals surface area contributed by atoms with Gasteiger partial charge in [-0.2, -0.15) is 0 Å². The summed E-state index contributed by atoms with van der Waals surface area (Å²) >= 11 is 12.9. The molecule has 0 bridgehead atoms. The van der Waals surface area contributed by atoms with Gasteiger partial charge in [-0.05, 0) is 67.3 Å². The number of hydrogen-bond donors (Lipinski definition) is 0. The monoisotopic (exact) mass is 695 g/mol. The standard InChI is InChI=1S/C35H35Cl2N3O3.BrH/c1-24-8-10-27(11-9-24)22-39-14-16-40(17-15-39)34(41)19-25(2)29-18-26(3)35(32(37)20-29)43-33-13-12-30(21-38-33)42-23-28-6-4-5-7-31(28)36;/h4-13,18-21H,14-17,22-23H2,1-3H3;1H/b25-19+;. The minimum Gasteiger partial charge on any atom is -0.487 e. The van der Waals surface area contributed by atoms with Gasteiger partial charge in [-0.25, -0.2) is 4.98 Å². The molecule has 1 saturated heterocycles. The third kappa shape index (κ3) is 8.85. The molecule has 1 aliphatic rings. The van der Waals surface area contributed by atoms with Crippen molar-refractivity contribution in [2.75, 3.05) is 26.2 Å². The van der Waals surface area contributed by atoms with Crippen molar-refractivity contribution in [1.82, 2.24) is 14.8 Å². The molecule has 4 aromatic rings. The van der Waals surface area contributed by atoms with Crippen LogP contribution in [0.5, 0.6) is 17.4 Å². The highest BCUT2D eigenvalue weighted by molar-refractivity contribution is 8.93. The number of nitrogens with zero attached hydrogens (tertiary/aromatic N) is 3. The third-order valence-electron chi connectivity index (χ3n) is 7.50. The van der Waals surface area contributed by atoms with Crippen molar-refractivity contribution in [3.8, 4) is 17.4 Å². The van der Waals surface area contributed by atoms with Gasteiger partial charge >= 0.3 is 0 Å². The van der Waals surface area contributed by atoms with Crippen LogP contribution in [-0.4, -0.2) is 46.9 Å². The lowest BCUT2D eigenvalue weighted by Gasteiger charge is -2.34. The number of allylic oxidation sites excluding steroid dienone is 1. The van der Waals surface area contributed by atoms with E-state index >= 15 is 0 Å². The molecule has 1 aliphatic heterocycles. The van der Waals surface area contributed by atoms with Crippen molar-refractivity contribution < 1.29 is 14.3 Å². The van der Waals surface area contributed by atoms with Gasteiger partial charge in [0.1, 0.15) is 12.4 Å². The number of pyridine rings is 1. The number of halogens is 3. The van der Waals surface area contributed by atoms with E-state index in [-0.39, 0.29) is 22.9 Å². The largest absolute Gasteiger partial charge is 0.487 e. The first-order valence-corrected chi connectivity index (χ1v) is 15.1. The van der Waals surface area contributed by atoms with Crippen LogP contribution in [0.3, 0.4) is 0 Å². The molecule has 6 nitrogen and oxygen atoms in total. The van der Waals surface area contributed by atoms with E-state index in [2.05, 4.69) is 41.1 Å². The number of ether oxygens (including phenoxy) is 2. The van der Waals surface area contributed by atoms with E-state index in [1.807, 2.05) is 55.1 Å². The third-order valence-corrected chi connectivity index (χ3v) is 8.15. The van der Waals surface area contributed by atoms with Gasteiger partial charge in [0.2, 0.25) is 11.8 Å². The zero-order valence-electron chi connectivity index (χ0n) is 25.1. The first-order valence-electron chi connectivity index (χ1n) is 14.3. The van der Waals surface area contributed by atoms with Gasteiger partial charge in [-0.3, -0.25) is 9.69 Å². The van der Waals surface area contributed by atoms with Crippen molar-refractivity contribution in [2.45, 2.75) is 33.9 Å². The predicted molar refractivity (Wildman–Crippen MR) is 183 cm³/mol. The van der Waals surface area contributed by atoms with E-state index in [0.717, 1.165) is 41.9 Å². The van der Waals surface area contributed by atoms with E-state index in [4.69, 9.17) is 32.7 Å². The van der Waals surface area contributed by atoms with Crippen LogP contribution in [0, 0.1) is 13.8 Å². The molecule has 0 aliphatic carbocycles. The van der Waals surface area contributed by atoms with Crippen LogP contribution in [0.1, 0.15) is 34.7 Å². The normalized spacial score (nSPS) is 13.8. The molecule has 1 amide bonds.